The maximum Gasteiger partial charge on any atom is 0.124 e. The molecular formula is C12H22N4O. The molecule has 17 heavy (non-hydrogen) atoms. The van der Waals surface area contributed by atoms with Crippen LogP contribution in [0, 0.1) is 0 Å². The van der Waals surface area contributed by atoms with E-state index in [1.807, 2.05) is 20.9 Å². The Morgan fingerprint density at radius 2 is 1.65 bits per heavy atom. The van der Waals surface area contributed by atoms with Crippen LogP contribution in [0.5, 0.6) is 0 Å². The van der Waals surface area contributed by atoms with Crippen molar-refractivity contribution in [2.75, 3.05) is 14.1 Å². The second-order valence-corrected chi connectivity index (χ2v) is 3.79. The topological polar surface area (TPSA) is 40.1 Å². The lowest BCUT2D eigenvalue weighted by Crippen LogP contribution is -2.39. The summed E-state index contributed by atoms with van der Waals surface area (Å²) in [4.78, 5) is 9.58. The van der Waals surface area contributed by atoms with Crippen molar-refractivity contribution in [1.29, 1.82) is 0 Å². The molecule has 0 spiro atoms. The van der Waals surface area contributed by atoms with Crippen molar-refractivity contribution in [3.05, 3.63) is 37.0 Å². The Labute approximate surface area is 104 Å². The van der Waals surface area contributed by atoms with Crippen molar-refractivity contribution in [2.45, 2.75) is 20.8 Å². The van der Waals surface area contributed by atoms with Gasteiger partial charge in [-0.05, 0) is 20.8 Å². The van der Waals surface area contributed by atoms with Gasteiger partial charge in [0, 0.05) is 19.8 Å². The van der Waals surface area contributed by atoms with Crippen LogP contribution >= 0.6 is 0 Å². The van der Waals surface area contributed by atoms with Crippen LogP contribution < -0.4 is 5.32 Å². The van der Waals surface area contributed by atoms with Crippen molar-refractivity contribution in [3.8, 4) is 0 Å². The first-order chi connectivity index (χ1) is 7.73. The summed E-state index contributed by atoms with van der Waals surface area (Å²) in [6.07, 6.45) is 0. The highest BCUT2D eigenvalue weighted by Crippen LogP contribution is 2.02. The second-order valence-electron chi connectivity index (χ2n) is 3.79. The van der Waals surface area contributed by atoms with E-state index >= 15 is 0 Å². The highest BCUT2D eigenvalue weighted by atomic mass is 16.7. The van der Waals surface area contributed by atoms with Gasteiger partial charge in [-0.3, -0.25) is 5.01 Å². The fourth-order valence-electron chi connectivity index (χ4n) is 1.03. The van der Waals surface area contributed by atoms with Gasteiger partial charge in [0.2, 0.25) is 0 Å². The first kappa shape index (κ1) is 15.2. The molecule has 0 unspecified atom stereocenters. The Hall–Kier alpha value is -1.75. The predicted octanol–water partition coefficient (Wildman–Crippen LogP) is 2.24. The predicted molar refractivity (Wildman–Crippen MR) is 71.6 cm³/mol. The number of hydrogen-bond donors (Lipinski definition) is 1. The number of aliphatic imine (C=N–C) groups is 1. The zero-order valence-corrected chi connectivity index (χ0v) is 11.4. The Bertz CT molecular complexity index is 346. The Balaban J connectivity index is 4.52. The monoisotopic (exact) mass is 238 g/mol. The molecule has 5 heteroatoms. The molecule has 0 aliphatic heterocycles. The highest BCUT2D eigenvalue weighted by molar-refractivity contribution is 5.79. The summed E-state index contributed by atoms with van der Waals surface area (Å²) in [6.45, 7) is 16.6. The molecule has 0 rings (SSSR count). The van der Waals surface area contributed by atoms with Crippen molar-refractivity contribution >= 4 is 5.84 Å². The number of hydrogen-bond acceptors (Lipinski definition) is 4. The lowest BCUT2D eigenvalue weighted by molar-refractivity contribution is -0.199. The average Bonchev–Trinajstić information content (AvgIpc) is 2.13. The molecule has 0 saturated carbocycles. The third-order valence-corrected chi connectivity index (χ3v) is 1.83. The van der Waals surface area contributed by atoms with Crippen LogP contribution in [0.25, 0.3) is 0 Å². The lowest BCUT2D eigenvalue weighted by atomic mass is 10.5. The van der Waals surface area contributed by atoms with E-state index in [0.717, 1.165) is 11.5 Å². The van der Waals surface area contributed by atoms with Crippen LogP contribution in [0.4, 0.5) is 0 Å². The minimum absolute atomic E-state index is 0.533. The van der Waals surface area contributed by atoms with Crippen LogP contribution in [-0.4, -0.2) is 30.1 Å². The molecule has 0 atom stereocenters. The third kappa shape index (κ3) is 6.42. The normalized spacial score (nSPS) is 11.1. The van der Waals surface area contributed by atoms with Gasteiger partial charge in [0.15, 0.2) is 0 Å². The van der Waals surface area contributed by atoms with Crippen LogP contribution in [-0.2, 0) is 4.84 Å². The van der Waals surface area contributed by atoms with Gasteiger partial charge in [-0.15, -0.1) is 0 Å². The van der Waals surface area contributed by atoms with E-state index in [1.54, 1.807) is 19.0 Å². The van der Waals surface area contributed by atoms with Crippen LogP contribution in [0.1, 0.15) is 20.8 Å². The maximum atomic E-state index is 5.31. The molecule has 0 aliphatic carbocycles. The van der Waals surface area contributed by atoms with Gasteiger partial charge in [-0.2, -0.15) is 0 Å². The first-order valence-electron chi connectivity index (χ1n) is 5.21. The lowest BCUT2D eigenvalue weighted by Gasteiger charge is -2.28. The van der Waals surface area contributed by atoms with E-state index in [2.05, 4.69) is 30.0 Å². The molecule has 0 aliphatic rings. The van der Waals surface area contributed by atoms with Gasteiger partial charge in [0.1, 0.15) is 17.4 Å². The number of hydrazine groups is 1. The molecule has 96 valence electrons. The van der Waals surface area contributed by atoms with Gasteiger partial charge < -0.3 is 10.2 Å². The van der Waals surface area contributed by atoms with E-state index in [1.165, 1.54) is 5.17 Å². The van der Waals surface area contributed by atoms with E-state index in [0.29, 0.717) is 11.6 Å². The maximum absolute atomic E-state index is 5.31. The molecule has 5 nitrogen and oxygen atoms in total. The largest absolute Gasteiger partial charge is 0.392 e. The quantitative estimate of drug-likeness (QED) is 0.333. The minimum atomic E-state index is 0.533. The van der Waals surface area contributed by atoms with Gasteiger partial charge in [-0.25, -0.2) is 4.99 Å². The van der Waals surface area contributed by atoms with Crippen LogP contribution in [0.3, 0.4) is 0 Å². The molecule has 0 heterocycles. The fourth-order valence-corrected chi connectivity index (χ4v) is 1.03. The molecule has 0 amide bonds. The first-order valence-corrected chi connectivity index (χ1v) is 5.21. The summed E-state index contributed by atoms with van der Waals surface area (Å²) in [7, 11) is 3.60. The van der Waals surface area contributed by atoms with Gasteiger partial charge in [0.05, 0.1) is 0 Å². The summed E-state index contributed by atoms with van der Waals surface area (Å²) in [5.74, 6) is 1.86. The second kappa shape index (κ2) is 6.75. The highest BCUT2D eigenvalue weighted by Gasteiger charge is 2.09. The summed E-state index contributed by atoms with van der Waals surface area (Å²) in [5.41, 5.74) is 0.792. The summed E-state index contributed by atoms with van der Waals surface area (Å²) in [5, 5.41) is 6.20. The fraction of sp³-hybridized carbons (Fsp3) is 0.417. The van der Waals surface area contributed by atoms with Gasteiger partial charge in [0.25, 0.3) is 0 Å². The van der Waals surface area contributed by atoms with E-state index in [-0.39, 0.29) is 0 Å². The van der Waals surface area contributed by atoms with Crippen LogP contribution in [0.2, 0.25) is 0 Å². The van der Waals surface area contributed by atoms with E-state index in [9.17, 15) is 0 Å². The third-order valence-electron chi connectivity index (χ3n) is 1.83. The average molecular weight is 238 g/mol. The van der Waals surface area contributed by atoms with E-state index < -0.39 is 0 Å². The molecule has 0 aromatic rings. The molecule has 0 radical (unpaired) electrons. The summed E-state index contributed by atoms with van der Waals surface area (Å²) < 4.78 is 0. The molecule has 0 fully saturated rings. The summed E-state index contributed by atoms with van der Waals surface area (Å²) in [6, 6.07) is 0. The van der Waals surface area contributed by atoms with Crippen molar-refractivity contribution < 1.29 is 4.84 Å². The molecule has 1 N–H and O–H groups in total. The minimum Gasteiger partial charge on any atom is -0.392 e. The number of hydroxylamine groups is 1. The Morgan fingerprint density at radius 3 is 2.06 bits per heavy atom. The molecule has 0 bridgehead atoms. The number of amidine groups is 1. The number of rotatable bonds is 6. The zero-order chi connectivity index (χ0) is 13.6. The molecule has 0 aromatic carbocycles. The Morgan fingerprint density at radius 1 is 1.12 bits per heavy atom. The zero-order valence-electron chi connectivity index (χ0n) is 11.4. The van der Waals surface area contributed by atoms with Gasteiger partial charge >= 0.3 is 0 Å². The molecule has 0 aromatic heterocycles. The molecule has 0 saturated heterocycles. The van der Waals surface area contributed by atoms with Crippen LogP contribution in [0.15, 0.2) is 42.0 Å². The smallest absolute Gasteiger partial charge is 0.124 e. The standard InChI is InChI=1S/C12H22N4O/c1-9(2)13-11(5)14-12(6)15(7)16(8)17-10(3)4/h13H,1,3,5H2,2,4,6-8H3/b14-12-. The van der Waals surface area contributed by atoms with Gasteiger partial charge in [-0.1, -0.05) is 24.9 Å². The van der Waals surface area contributed by atoms with E-state index in [4.69, 9.17) is 4.84 Å². The summed E-state index contributed by atoms with van der Waals surface area (Å²) >= 11 is 0. The number of nitrogens with one attached hydrogen (secondary N) is 1. The van der Waals surface area contributed by atoms with Crippen molar-refractivity contribution in [3.63, 3.8) is 0 Å². The van der Waals surface area contributed by atoms with Crippen molar-refractivity contribution in [1.82, 2.24) is 15.5 Å². The number of allylic oxidation sites excluding steroid dienone is 2. The SMILES string of the molecule is C=C(C)NC(=C)/N=C(/C)N(C)N(C)OC(=C)C. The molecular weight excluding hydrogens is 216 g/mol. The number of nitrogens with zero attached hydrogens (tertiary/aromatic N) is 3. The Kier molecular flexibility index (Phi) is 6.06. The van der Waals surface area contributed by atoms with Crippen molar-refractivity contribution in [2.24, 2.45) is 4.99 Å².